The molecule has 0 unspecified atom stereocenters. The zero-order valence-electron chi connectivity index (χ0n) is 14.4. The van der Waals surface area contributed by atoms with Gasteiger partial charge in [0.25, 0.3) is 0 Å². The van der Waals surface area contributed by atoms with E-state index in [1.807, 2.05) is 4.68 Å². The monoisotopic (exact) mass is 332 g/mol. The lowest BCUT2D eigenvalue weighted by atomic mass is 9.92. The first-order chi connectivity index (χ1) is 11.4. The quantitative estimate of drug-likeness (QED) is 0.896. The summed E-state index contributed by atoms with van der Waals surface area (Å²) in [6.45, 7) is 8.16. The van der Waals surface area contributed by atoms with Gasteiger partial charge in [0.2, 0.25) is 11.8 Å². The van der Waals surface area contributed by atoms with Crippen LogP contribution in [0.4, 0.5) is 5.88 Å². The number of amides is 1. The first kappa shape index (κ1) is 16.6. The van der Waals surface area contributed by atoms with Gasteiger partial charge in [-0.3, -0.25) is 19.7 Å². The molecule has 0 bridgehead atoms. The highest BCUT2D eigenvalue weighted by atomic mass is 16.5. The van der Waals surface area contributed by atoms with Crippen LogP contribution in [0.15, 0.2) is 23.2 Å². The lowest BCUT2D eigenvalue weighted by molar-refractivity contribution is -0.117. The molecule has 1 amide bonds. The van der Waals surface area contributed by atoms with E-state index < -0.39 is 0 Å². The van der Waals surface area contributed by atoms with E-state index in [1.54, 1.807) is 12.4 Å². The van der Waals surface area contributed by atoms with E-state index in [1.165, 1.54) is 6.33 Å². The normalized spacial score (nSPS) is 18.9. The predicted octanol–water partition coefficient (Wildman–Crippen LogP) is 1.67. The molecule has 1 aliphatic heterocycles. The Morgan fingerprint density at radius 2 is 2.29 bits per heavy atom. The SMILES string of the molecule is CC(C)(C)c1cc(NC(=O)CN2CCC[C@H]2Cn2cncn2)on1. The molecular weight excluding hydrogens is 308 g/mol. The third kappa shape index (κ3) is 4.00. The number of rotatable bonds is 5. The Morgan fingerprint density at radius 1 is 1.46 bits per heavy atom. The fourth-order valence-corrected chi connectivity index (χ4v) is 2.90. The van der Waals surface area contributed by atoms with Gasteiger partial charge < -0.3 is 4.52 Å². The summed E-state index contributed by atoms with van der Waals surface area (Å²) in [4.78, 5) is 18.4. The molecule has 1 atom stereocenters. The molecule has 0 saturated carbocycles. The highest BCUT2D eigenvalue weighted by Crippen LogP contribution is 2.24. The van der Waals surface area contributed by atoms with Crippen molar-refractivity contribution in [3.63, 3.8) is 0 Å². The lowest BCUT2D eigenvalue weighted by Gasteiger charge is -2.23. The van der Waals surface area contributed by atoms with Gasteiger partial charge in [0.1, 0.15) is 12.7 Å². The van der Waals surface area contributed by atoms with Gasteiger partial charge in [-0.05, 0) is 19.4 Å². The molecule has 0 spiro atoms. The molecule has 24 heavy (non-hydrogen) atoms. The lowest BCUT2D eigenvalue weighted by Crippen LogP contribution is -2.39. The van der Waals surface area contributed by atoms with Crippen LogP contribution in [-0.4, -0.2) is 49.9 Å². The third-order valence-electron chi connectivity index (χ3n) is 4.25. The van der Waals surface area contributed by atoms with E-state index in [2.05, 4.69) is 46.2 Å². The number of nitrogens with zero attached hydrogens (tertiary/aromatic N) is 5. The number of likely N-dealkylation sites (tertiary alicyclic amines) is 1. The molecule has 0 aliphatic carbocycles. The first-order valence-corrected chi connectivity index (χ1v) is 8.25. The molecule has 3 rings (SSSR count). The van der Waals surface area contributed by atoms with Gasteiger partial charge in [-0.15, -0.1) is 0 Å². The molecule has 0 radical (unpaired) electrons. The summed E-state index contributed by atoms with van der Waals surface area (Å²) in [6, 6.07) is 2.09. The van der Waals surface area contributed by atoms with Gasteiger partial charge >= 0.3 is 0 Å². The highest BCUT2D eigenvalue weighted by Gasteiger charge is 2.27. The minimum absolute atomic E-state index is 0.0860. The van der Waals surface area contributed by atoms with E-state index in [9.17, 15) is 4.79 Å². The van der Waals surface area contributed by atoms with Gasteiger partial charge in [0.05, 0.1) is 18.8 Å². The van der Waals surface area contributed by atoms with Crippen LogP contribution >= 0.6 is 0 Å². The second-order valence-corrected chi connectivity index (χ2v) is 7.26. The summed E-state index contributed by atoms with van der Waals surface area (Å²) in [7, 11) is 0. The summed E-state index contributed by atoms with van der Waals surface area (Å²) < 4.78 is 7.03. The summed E-state index contributed by atoms with van der Waals surface area (Å²) in [5.74, 6) is 0.314. The van der Waals surface area contributed by atoms with Crippen molar-refractivity contribution in [1.29, 1.82) is 0 Å². The van der Waals surface area contributed by atoms with Crippen LogP contribution in [0.25, 0.3) is 0 Å². The average molecular weight is 332 g/mol. The standard InChI is InChI=1S/C16H24N6O2/c1-16(2,3)13-7-15(24-20-13)19-14(23)9-21-6-4-5-12(21)8-22-11-17-10-18-22/h7,10-12H,4-6,8-9H2,1-3H3,(H,19,23)/t12-/m0/s1. The van der Waals surface area contributed by atoms with Gasteiger partial charge in [-0.2, -0.15) is 5.10 Å². The predicted molar refractivity (Wildman–Crippen MR) is 88.4 cm³/mol. The zero-order chi connectivity index (χ0) is 17.2. The minimum atomic E-state index is -0.107. The molecule has 1 saturated heterocycles. The van der Waals surface area contributed by atoms with Crippen molar-refractivity contribution in [2.24, 2.45) is 0 Å². The molecule has 1 N–H and O–H groups in total. The fourth-order valence-electron chi connectivity index (χ4n) is 2.90. The molecule has 2 aromatic rings. The molecule has 8 nitrogen and oxygen atoms in total. The van der Waals surface area contributed by atoms with E-state index in [-0.39, 0.29) is 11.3 Å². The van der Waals surface area contributed by atoms with Crippen LogP contribution < -0.4 is 5.32 Å². The Morgan fingerprint density at radius 3 is 2.96 bits per heavy atom. The second kappa shape index (κ2) is 6.72. The molecule has 1 fully saturated rings. The molecule has 2 aromatic heterocycles. The number of carbonyl (C=O) groups is 1. The Bertz CT molecular complexity index is 673. The van der Waals surface area contributed by atoms with Crippen molar-refractivity contribution in [2.75, 3.05) is 18.4 Å². The van der Waals surface area contributed by atoms with Gasteiger partial charge in [-0.1, -0.05) is 25.9 Å². The minimum Gasteiger partial charge on any atom is -0.338 e. The van der Waals surface area contributed by atoms with E-state index in [4.69, 9.17) is 4.52 Å². The Labute approximate surface area is 141 Å². The van der Waals surface area contributed by atoms with E-state index >= 15 is 0 Å². The maximum absolute atomic E-state index is 12.3. The number of hydrogen-bond donors (Lipinski definition) is 1. The number of aromatic nitrogens is 4. The summed E-state index contributed by atoms with van der Waals surface area (Å²) in [5, 5.41) is 11.0. The number of anilines is 1. The van der Waals surface area contributed by atoms with Crippen molar-refractivity contribution in [2.45, 2.75) is 51.6 Å². The number of carbonyl (C=O) groups excluding carboxylic acids is 1. The maximum Gasteiger partial charge on any atom is 0.240 e. The van der Waals surface area contributed by atoms with E-state index in [0.717, 1.165) is 31.6 Å². The summed E-state index contributed by atoms with van der Waals surface area (Å²) in [6.07, 6.45) is 5.38. The maximum atomic E-state index is 12.3. The molecule has 3 heterocycles. The third-order valence-corrected chi connectivity index (χ3v) is 4.25. The van der Waals surface area contributed by atoms with Crippen molar-refractivity contribution in [1.82, 2.24) is 24.8 Å². The zero-order valence-corrected chi connectivity index (χ0v) is 14.4. The van der Waals surface area contributed by atoms with Crippen LogP contribution in [0.2, 0.25) is 0 Å². The largest absolute Gasteiger partial charge is 0.338 e. The second-order valence-electron chi connectivity index (χ2n) is 7.26. The van der Waals surface area contributed by atoms with Crippen LogP contribution in [0.3, 0.4) is 0 Å². The van der Waals surface area contributed by atoms with Crippen molar-refractivity contribution < 1.29 is 9.32 Å². The van der Waals surface area contributed by atoms with Gasteiger partial charge in [0.15, 0.2) is 0 Å². The smallest absolute Gasteiger partial charge is 0.240 e. The topological polar surface area (TPSA) is 89.1 Å². The molecule has 130 valence electrons. The fraction of sp³-hybridized carbons (Fsp3) is 0.625. The van der Waals surface area contributed by atoms with Gasteiger partial charge in [-0.25, -0.2) is 4.98 Å². The number of hydrogen-bond acceptors (Lipinski definition) is 6. The molecule has 1 aliphatic rings. The van der Waals surface area contributed by atoms with E-state index in [0.29, 0.717) is 18.5 Å². The molecular formula is C16H24N6O2. The van der Waals surface area contributed by atoms with Crippen LogP contribution in [0.1, 0.15) is 39.3 Å². The van der Waals surface area contributed by atoms with Crippen LogP contribution in [0, 0.1) is 0 Å². The Kier molecular flexibility index (Phi) is 4.66. The summed E-state index contributed by atoms with van der Waals surface area (Å²) >= 11 is 0. The van der Waals surface area contributed by atoms with Crippen LogP contribution in [0.5, 0.6) is 0 Å². The first-order valence-electron chi connectivity index (χ1n) is 8.25. The van der Waals surface area contributed by atoms with Gasteiger partial charge in [0, 0.05) is 17.5 Å². The Hall–Kier alpha value is -2.22. The summed E-state index contributed by atoms with van der Waals surface area (Å²) in [5.41, 5.74) is 0.715. The molecule has 0 aromatic carbocycles. The van der Waals surface area contributed by atoms with Crippen molar-refractivity contribution in [3.05, 3.63) is 24.4 Å². The highest BCUT2D eigenvalue weighted by molar-refractivity contribution is 5.91. The molecule has 8 heteroatoms. The van der Waals surface area contributed by atoms with Crippen molar-refractivity contribution in [3.8, 4) is 0 Å². The number of nitrogens with one attached hydrogen (secondary N) is 1. The van der Waals surface area contributed by atoms with Crippen LogP contribution in [-0.2, 0) is 16.8 Å². The van der Waals surface area contributed by atoms with Crippen molar-refractivity contribution >= 4 is 11.8 Å². The average Bonchev–Trinajstić information content (AvgIpc) is 3.21. The Balaban J connectivity index is 1.55.